The van der Waals surface area contributed by atoms with Crippen LogP contribution in [0.4, 0.5) is 15.8 Å². The molecular weight excluding hydrogens is 381 g/mol. The van der Waals surface area contributed by atoms with Crippen LogP contribution in [0.5, 0.6) is 0 Å². The normalized spacial score (nSPS) is 10.7. The highest BCUT2D eigenvalue weighted by Gasteiger charge is 2.12. The number of rotatable bonds is 6. The first-order chi connectivity index (χ1) is 13.4. The molecule has 0 radical (unpaired) electrons. The zero-order valence-electron chi connectivity index (χ0n) is 15.5. The summed E-state index contributed by atoms with van der Waals surface area (Å²) in [5.41, 5.74) is 3.45. The van der Waals surface area contributed by atoms with E-state index in [2.05, 4.69) is 15.3 Å². The van der Waals surface area contributed by atoms with E-state index in [1.165, 1.54) is 25.1 Å². The van der Waals surface area contributed by atoms with Crippen molar-refractivity contribution in [2.75, 3.05) is 5.32 Å². The third-order valence-electron chi connectivity index (χ3n) is 4.23. The molecule has 1 aromatic carbocycles. The minimum Gasteiger partial charge on any atom is -0.354 e. The molecule has 0 amide bonds. The lowest BCUT2D eigenvalue weighted by molar-refractivity contribution is -0.116. The van der Waals surface area contributed by atoms with Crippen LogP contribution in [-0.2, 0) is 17.6 Å². The molecule has 2 N–H and O–H groups in total. The molecule has 2 aromatic heterocycles. The molecule has 0 spiro atoms. The minimum absolute atomic E-state index is 0.0263. The average molecular weight is 400 g/mol. The quantitative estimate of drug-likeness (QED) is 0.631. The smallest absolute Gasteiger partial charge is 0.256 e. The van der Waals surface area contributed by atoms with Crippen molar-refractivity contribution in [3.8, 4) is 11.1 Å². The van der Waals surface area contributed by atoms with E-state index in [0.29, 0.717) is 28.9 Å². The number of ketones is 1. The number of pyridine rings is 2. The summed E-state index contributed by atoms with van der Waals surface area (Å²) in [4.78, 5) is 30.9. The molecule has 0 bridgehead atoms. The summed E-state index contributed by atoms with van der Waals surface area (Å²) in [6.07, 6.45) is 2.48. The Labute approximate surface area is 166 Å². The summed E-state index contributed by atoms with van der Waals surface area (Å²) < 4.78 is 13.5. The fourth-order valence-electron chi connectivity index (χ4n) is 2.90. The third kappa shape index (κ3) is 4.46. The molecule has 0 unspecified atom stereocenters. The van der Waals surface area contributed by atoms with Crippen molar-refractivity contribution in [2.45, 2.75) is 26.7 Å². The number of carbonyl (C=O) groups excluding carboxylic acids is 1. The highest BCUT2D eigenvalue weighted by atomic mass is 35.5. The largest absolute Gasteiger partial charge is 0.354 e. The van der Waals surface area contributed by atoms with E-state index >= 15 is 0 Å². The van der Waals surface area contributed by atoms with Gasteiger partial charge in [-0.25, -0.2) is 4.39 Å². The number of aromatic amines is 1. The maximum absolute atomic E-state index is 13.5. The number of anilines is 2. The molecule has 0 saturated carbocycles. The lowest BCUT2D eigenvalue weighted by atomic mass is 10.1. The van der Waals surface area contributed by atoms with Gasteiger partial charge in [0.25, 0.3) is 5.56 Å². The second kappa shape index (κ2) is 8.35. The number of aryl methyl sites for hydroxylation is 1. The van der Waals surface area contributed by atoms with Crippen LogP contribution < -0.4 is 10.9 Å². The monoisotopic (exact) mass is 399 g/mol. The fourth-order valence-corrected chi connectivity index (χ4v) is 3.08. The van der Waals surface area contributed by atoms with Gasteiger partial charge in [-0.3, -0.25) is 14.6 Å². The number of Topliss-reactive ketones (excluding diaryl/α,β-unsaturated/α-hetero) is 1. The number of H-pyrrole nitrogens is 1. The Kier molecular flexibility index (Phi) is 5.90. The first-order valence-electron chi connectivity index (χ1n) is 8.80. The standard InChI is InChI=1S/C21H19ClFN3O2/c1-3-19-20(25-14-6-7-24-15(10-14)8-12(2)27)11-16(21(28)26-19)13-4-5-18(23)17(22)9-13/h4-7,9-11H,3,8H2,1-2H3,(H,24,25)(H,26,28). The minimum atomic E-state index is -0.542. The van der Waals surface area contributed by atoms with Crippen molar-refractivity contribution in [2.24, 2.45) is 0 Å². The van der Waals surface area contributed by atoms with Gasteiger partial charge in [-0.05, 0) is 49.2 Å². The van der Waals surface area contributed by atoms with Gasteiger partial charge in [0.15, 0.2) is 0 Å². The summed E-state index contributed by atoms with van der Waals surface area (Å²) in [6, 6.07) is 9.46. The van der Waals surface area contributed by atoms with Gasteiger partial charge in [-0.2, -0.15) is 0 Å². The van der Waals surface area contributed by atoms with Gasteiger partial charge in [0, 0.05) is 35.3 Å². The zero-order valence-corrected chi connectivity index (χ0v) is 16.2. The molecule has 3 rings (SSSR count). The zero-order chi connectivity index (χ0) is 20.3. The Morgan fingerprint density at radius 3 is 2.71 bits per heavy atom. The van der Waals surface area contributed by atoms with Gasteiger partial charge >= 0.3 is 0 Å². The maximum atomic E-state index is 13.5. The molecule has 144 valence electrons. The van der Waals surface area contributed by atoms with Gasteiger partial charge in [0.2, 0.25) is 0 Å². The van der Waals surface area contributed by atoms with E-state index in [4.69, 9.17) is 11.6 Å². The fraction of sp³-hybridized carbons (Fsp3) is 0.190. The van der Waals surface area contributed by atoms with Gasteiger partial charge in [-0.15, -0.1) is 0 Å². The van der Waals surface area contributed by atoms with Crippen LogP contribution in [0.1, 0.15) is 25.2 Å². The van der Waals surface area contributed by atoms with Crippen molar-refractivity contribution >= 4 is 28.8 Å². The van der Waals surface area contributed by atoms with Crippen molar-refractivity contribution in [1.82, 2.24) is 9.97 Å². The number of hydrogen-bond acceptors (Lipinski definition) is 4. The van der Waals surface area contributed by atoms with E-state index in [0.717, 1.165) is 11.4 Å². The van der Waals surface area contributed by atoms with Crippen LogP contribution in [-0.4, -0.2) is 15.8 Å². The molecule has 7 heteroatoms. The summed E-state index contributed by atoms with van der Waals surface area (Å²) in [5, 5.41) is 3.22. The molecule has 0 saturated heterocycles. The Morgan fingerprint density at radius 2 is 2.04 bits per heavy atom. The van der Waals surface area contributed by atoms with E-state index < -0.39 is 5.82 Å². The van der Waals surface area contributed by atoms with Crippen molar-refractivity contribution in [3.05, 3.63) is 75.2 Å². The Bertz CT molecular complexity index is 1100. The van der Waals surface area contributed by atoms with Gasteiger partial charge in [-0.1, -0.05) is 24.6 Å². The van der Waals surface area contributed by atoms with E-state index in [9.17, 15) is 14.0 Å². The number of hydrogen-bond donors (Lipinski definition) is 2. The summed E-state index contributed by atoms with van der Waals surface area (Å²) >= 11 is 5.87. The molecule has 0 atom stereocenters. The first-order valence-corrected chi connectivity index (χ1v) is 9.18. The second-order valence-electron chi connectivity index (χ2n) is 6.43. The van der Waals surface area contributed by atoms with Crippen molar-refractivity contribution < 1.29 is 9.18 Å². The Balaban J connectivity index is 2.02. The molecule has 0 aliphatic carbocycles. The topological polar surface area (TPSA) is 74.8 Å². The van der Waals surface area contributed by atoms with Crippen LogP contribution in [0.15, 0.2) is 47.4 Å². The number of aromatic nitrogens is 2. The molecule has 0 aliphatic rings. The SMILES string of the molecule is CCc1[nH]c(=O)c(-c2ccc(F)c(Cl)c2)cc1Nc1ccnc(CC(C)=O)c1. The molecule has 3 aromatic rings. The molecule has 5 nitrogen and oxygen atoms in total. The van der Waals surface area contributed by atoms with E-state index in [-0.39, 0.29) is 22.8 Å². The summed E-state index contributed by atoms with van der Waals surface area (Å²) in [7, 11) is 0. The summed E-state index contributed by atoms with van der Waals surface area (Å²) in [5.74, 6) is -0.515. The Morgan fingerprint density at radius 1 is 1.25 bits per heavy atom. The van der Waals surface area contributed by atoms with Gasteiger partial charge in [0.1, 0.15) is 11.6 Å². The molecule has 2 heterocycles. The average Bonchev–Trinajstić information content (AvgIpc) is 2.65. The van der Waals surface area contributed by atoms with E-state index in [1.807, 2.05) is 6.92 Å². The Hall–Kier alpha value is -2.99. The van der Waals surface area contributed by atoms with Crippen LogP contribution >= 0.6 is 11.6 Å². The van der Waals surface area contributed by atoms with Gasteiger partial charge < -0.3 is 10.3 Å². The number of nitrogens with zero attached hydrogens (tertiary/aromatic N) is 1. The van der Waals surface area contributed by atoms with Crippen molar-refractivity contribution in [1.29, 1.82) is 0 Å². The van der Waals surface area contributed by atoms with E-state index in [1.54, 1.807) is 24.4 Å². The lowest BCUT2D eigenvalue weighted by Crippen LogP contribution is -2.13. The number of halogens is 2. The number of carbonyl (C=O) groups is 1. The molecular formula is C21H19ClFN3O2. The third-order valence-corrected chi connectivity index (χ3v) is 4.52. The number of nitrogens with one attached hydrogen (secondary N) is 2. The van der Waals surface area contributed by atoms with Crippen LogP contribution in [0, 0.1) is 5.82 Å². The first kappa shape index (κ1) is 19.8. The molecule has 0 aliphatic heterocycles. The highest BCUT2D eigenvalue weighted by Crippen LogP contribution is 2.27. The second-order valence-corrected chi connectivity index (χ2v) is 6.83. The van der Waals surface area contributed by atoms with Crippen LogP contribution in [0.25, 0.3) is 11.1 Å². The maximum Gasteiger partial charge on any atom is 0.256 e. The van der Waals surface area contributed by atoms with Gasteiger partial charge in [0.05, 0.1) is 10.7 Å². The van der Waals surface area contributed by atoms with Crippen LogP contribution in [0.3, 0.4) is 0 Å². The molecule has 0 fully saturated rings. The lowest BCUT2D eigenvalue weighted by Gasteiger charge is -2.14. The van der Waals surface area contributed by atoms with Crippen molar-refractivity contribution in [3.63, 3.8) is 0 Å². The predicted molar refractivity (Wildman–Crippen MR) is 109 cm³/mol. The summed E-state index contributed by atoms with van der Waals surface area (Å²) in [6.45, 7) is 3.44. The highest BCUT2D eigenvalue weighted by molar-refractivity contribution is 6.31. The molecule has 28 heavy (non-hydrogen) atoms. The predicted octanol–water partition coefficient (Wildman–Crippen LogP) is 4.67. The number of benzene rings is 1. The van der Waals surface area contributed by atoms with Crippen LogP contribution in [0.2, 0.25) is 5.02 Å².